The molecule has 21 heavy (non-hydrogen) atoms. The molecule has 0 fully saturated rings. The second-order valence-electron chi connectivity index (χ2n) is 5.08. The second kappa shape index (κ2) is 5.23. The molecule has 2 aromatic carbocycles. The minimum Gasteiger partial charge on any atom is -0.295 e. The van der Waals surface area contributed by atoms with Gasteiger partial charge in [-0.1, -0.05) is 12.1 Å². The van der Waals surface area contributed by atoms with Crippen LogP contribution in [0.1, 0.15) is 29.3 Å². The molecule has 0 amide bonds. The van der Waals surface area contributed by atoms with Gasteiger partial charge >= 0.3 is 0 Å². The molecule has 4 heteroatoms. The van der Waals surface area contributed by atoms with Crippen LogP contribution >= 0.6 is 11.6 Å². The van der Waals surface area contributed by atoms with Crippen molar-refractivity contribution in [2.75, 3.05) is 0 Å². The van der Waals surface area contributed by atoms with Crippen LogP contribution < -0.4 is 0 Å². The normalized spacial score (nSPS) is 12.3. The zero-order valence-corrected chi connectivity index (χ0v) is 12.6. The van der Waals surface area contributed by atoms with Crippen molar-refractivity contribution in [1.82, 2.24) is 9.55 Å². The summed E-state index contributed by atoms with van der Waals surface area (Å²) in [6.45, 7) is 3.95. The summed E-state index contributed by atoms with van der Waals surface area (Å²) < 4.78 is 2.03. The summed E-state index contributed by atoms with van der Waals surface area (Å²) >= 11 is 6.29. The minimum atomic E-state index is -0.219. The number of halogens is 1. The molecule has 3 aromatic rings. The van der Waals surface area contributed by atoms with E-state index in [1.165, 1.54) is 5.56 Å². The lowest BCUT2D eigenvalue weighted by molar-refractivity contribution is 0.882. The van der Waals surface area contributed by atoms with Crippen molar-refractivity contribution in [3.63, 3.8) is 0 Å². The number of nitrogens with zero attached hydrogens (tertiary/aromatic N) is 3. The van der Waals surface area contributed by atoms with Crippen molar-refractivity contribution in [3.8, 4) is 11.8 Å². The molecule has 104 valence electrons. The highest BCUT2D eigenvalue weighted by molar-refractivity contribution is 6.20. The lowest BCUT2D eigenvalue weighted by atomic mass is 10.2. The average Bonchev–Trinajstić information content (AvgIpc) is 2.85. The highest BCUT2D eigenvalue weighted by Crippen LogP contribution is 2.29. The Balaban J connectivity index is 2.37. The number of aromatic nitrogens is 2. The van der Waals surface area contributed by atoms with E-state index in [2.05, 4.69) is 17.1 Å². The van der Waals surface area contributed by atoms with Gasteiger partial charge in [-0.3, -0.25) is 4.57 Å². The molecular weight excluding hydrogens is 282 g/mol. The molecule has 1 heterocycles. The second-order valence-corrected chi connectivity index (χ2v) is 5.73. The number of benzene rings is 2. The van der Waals surface area contributed by atoms with Gasteiger partial charge in [0.15, 0.2) is 0 Å². The zero-order chi connectivity index (χ0) is 15.0. The smallest absolute Gasteiger partial charge is 0.132 e. The fourth-order valence-electron chi connectivity index (χ4n) is 2.47. The van der Waals surface area contributed by atoms with Crippen LogP contribution in [0.2, 0.25) is 0 Å². The zero-order valence-electron chi connectivity index (χ0n) is 11.8. The Bertz CT molecular complexity index is 856. The van der Waals surface area contributed by atoms with Gasteiger partial charge in [-0.15, -0.1) is 11.6 Å². The fourth-order valence-corrected chi connectivity index (χ4v) is 2.62. The molecule has 0 spiro atoms. The van der Waals surface area contributed by atoms with Crippen LogP contribution in [-0.4, -0.2) is 9.55 Å². The van der Waals surface area contributed by atoms with E-state index in [1.807, 2.05) is 48.7 Å². The molecular formula is C17H14ClN3. The topological polar surface area (TPSA) is 41.6 Å². The van der Waals surface area contributed by atoms with Gasteiger partial charge in [0.25, 0.3) is 0 Å². The van der Waals surface area contributed by atoms with E-state index in [9.17, 15) is 0 Å². The first-order chi connectivity index (χ1) is 10.1. The molecule has 0 saturated heterocycles. The lowest BCUT2D eigenvalue weighted by Gasteiger charge is -2.11. The molecule has 1 atom stereocenters. The van der Waals surface area contributed by atoms with Gasteiger partial charge in [0.05, 0.1) is 28.0 Å². The highest BCUT2D eigenvalue weighted by Gasteiger charge is 2.16. The summed E-state index contributed by atoms with van der Waals surface area (Å²) in [4.78, 5) is 4.62. The van der Waals surface area contributed by atoms with Crippen LogP contribution in [0.3, 0.4) is 0 Å². The summed E-state index contributed by atoms with van der Waals surface area (Å²) in [6, 6.07) is 15.8. The Morgan fingerprint density at radius 3 is 2.71 bits per heavy atom. The van der Waals surface area contributed by atoms with Crippen LogP contribution in [0.5, 0.6) is 0 Å². The van der Waals surface area contributed by atoms with Gasteiger partial charge < -0.3 is 0 Å². The number of imidazole rings is 1. The first-order valence-electron chi connectivity index (χ1n) is 6.74. The number of aryl methyl sites for hydroxylation is 1. The van der Waals surface area contributed by atoms with Gasteiger partial charge in [0.2, 0.25) is 0 Å². The molecule has 1 aromatic heterocycles. The first kappa shape index (κ1) is 13.7. The third-order valence-electron chi connectivity index (χ3n) is 3.43. The maximum absolute atomic E-state index is 9.11. The van der Waals surface area contributed by atoms with E-state index < -0.39 is 0 Å². The largest absolute Gasteiger partial charge is 0.295 e. The monoisotopic (exact) mass is 295 g/mol. The number of alkyl halides is 1. The minimum absolute atomic E-state index is 0.219. The van der Waals surface area contributed by atoms with Crippen molar-refractivity contribution in [1.29, 1.82) is 5.26 Å². The molecule has 0 aliphatic rings. The van der Waals surface area contributed by atoms with Gasteiger partial charge in [-0.25, -0.2) is 4.98 Å². The van der Waals surface area contributed by atoms with Crippen LogP contribution in [-0.2, 0) is 0 Å². The molecule has 0 bridgehead atoms. The van der Waals surface area contributed by atoms with Crippen LogP contribution in [0, 0.1) is 18.3 Å². The van der Waals surface area contributed by atoms with E-state index in [4.69, 9.17) is 16.9 Å². The molecule has 0 aliphatic carbocycles. The van der Waals surface area contributed by atoms with Crippen molar-refractivity contribution in [2.45, 2.75) is 19.2 Å². The molecule has 0 aliphatic heterocycles. The van der Waals surface area contributed by atoms with E-state index in [0.29, 0.717) is 5.56 Å². The number of hydrogen-bond acceptors (Lipinski definition) is 2. The number of hydrogen-bond donors (Lipinski definition) is 0. The van der Waals surface area contributed by atoms with Crippen molar-refractivity contribution >= 4 is 22.6 Å². The third kappa shape index (κ3) is 2.39. The fraction of sp³-hybridized carbons (Fsp3) is 0.176. The Hall–Kier alpha value is -2.31. The number of nitriles is 1. The van der Waals surface area contributed by atoms with E-state index >= 15 is 0 Å². The van der Waals surface area contributed by atoms with Gasteiger partial charge in [-0.2, -0.15) is 5.26 Å². The molecule has 3 nitrogen and oxygen atoms in total. The molecule has 0 saturated carbocycles. The number of rotatable bonds is 2. The quantitative estimate of drug-likeness (QED) is 0.653. The highest BCUT2D eigenvalue weighted by atomic mass is 35.5. The third-order valence-corrected chi connectivity index (χ3v) is 3.62. The van der Waals surface area contributed by atoms with Gasteiger partial charge in [0, 0.05) is 5.69 Å². The molecule has 0 N–H and O–H groups in total. The maximum Gasteiger partial charge on any atom is 0.132 e. The van der Waals surface area contributed by atoms with Crippen molar-refractivity contribution in [2.24, 2.45) is 0 Å². The van der Waals surface area contributed by atoms with E-state index in [1.54, 1.807) is 6.07 Å². The SMILES string of the molecule is Cc1cccc(-n2c(C(C)Cl)nc3ccc(C#N)cc32)c1. The standard InChI is InChI=1S/C17H14ClN3/c1-11-4-3-5-14(8-11)21-16-9-13(10-19)6-7-15(16)20-17(21)12(2)18/h3-9,12H,1-2H3. The number of fused-ring (bicyclic) bond motifs is 1. The predicted octanol–water partition coefficient (Wildman–Crippen LogP) is 4.51. The van der Waals surface area contributed by atoms with Crippen LogP contribution in [0.25, 0.3) is 16.7 Å². The Labute approximate surface area is 128 Å². The Morgan fingerprint density at radius 2 is 2.05 bits per heavy atom. The van der Waals surface area contributed by atoms with Gasteiger partial charge in [0.1, 0.15) is 5.82 Å². The summed E-state index contributed by atoms with van der Waals surface area (Å²) in [5.41, 5.74) is 4.54. The Morgan fingerprint density at radius 1 is 1.24 bits per heavy atom. The van der Waals surface area contributed by atoms with E-state index in [0.717, 1.165) is 22.5 Å². The maximum atomic E-state index is 9.11. The summed E-state index contributed by atoms with van der Waals surface area (Å²) in [5.74, 6) is 0.785. The molecule has 0 radical (unpaired) electrons. The summed E-state index contributed by atoms with van der Waals surface area (Å²) in [5, 5.41) is 8.89. The molecule has 3 rings (SSSR count). The predicted molar refractivity (Wildman–Crippen MR) is 84.8 cm³/mol. The summed E-state index contributed by atoms with van der Waals surface area (Å²) in [7, 11) is 0. The van der Waals surface area contributed by atoms with Crippen LogP contribution in [0.15, 0.2) is 42.5 Å². The van der Waals surface area contributed by atoms with Gasteiger partial charge in [-0.05, 0) is 49.7 Å². The first-order valence-corrected chi connectivity index (χ1v) is 7.17. The van der Waals surface area contributed by atoms with Crippen molar-refractivity contribution in [3.05, 3.63) is 59.4 Å². The Kier molecular flexibility index (Phi) is 3.40. The van der Waals surface area contributed by atoms with Crippen molar-refractivity contribution < 1.29 is 0 Å². The summed E-state index contributed by atoms with van der Waals surface area (Å²) in [6.07, 6.45) is 0. The van der Waals surface area contributed by atoms with Crippen LogP contribution in [0.4, 0.5) is 0 Å². The van der Waals surface area contributed by atoms with E-state index in [-0.39, 0.29) is 5.38 Å². The lowest BCUT2D eigenvalue weighted by Crippen LogP contribution is -2.02. The average molecular weight is 296 g/mol. The molecule has 1 unspecified atom stereocenters.